The third-order valence-electron chi connectivity index (χ3n) is 3.14. The largest absolute Gasteiger partial charge is 0.279 e. The molecule has 1 aromatic rings. The maximum Gasteiger partial charge on any atom is 0.279 e. The SMILES string of the molecule is CC(C)c1ccc2c(n1)C(=O)N(C(C)C)C(=O)C2. The number of nitrogens with zero attached hydrogens (tertiary/aromatic N) is 2. The van der Waals surface area contributed by atoms with Crippen LogP contribution in [0, 0.1) is 0 Å². The first kappa shape index (κ1) is 12.7. The van der Waals surface area contributed by atoms with Crippen molar-refractivity contribution in [2.24, 2.45) is 0 Å². The second-order valence-electron chi connectivity index (χ2n) is 5.24. The maximum absolute atomic E-state index is 12.3. The summed E-state index contributed by atoms with van der Waals surface area (Å²) in [7, 11) is 0. The van der Waals surface area contributed by atoms with E-state index in [1.165, 1.54) is 4.90 Å². The number of hydrogen-bond donors (Lipinski definition) is 0. The van der Waals surface area contributed by atoms with Crippen molar-refractivity contribution in [3.63, 3.8) is 0 Å². The van der Waals surface area contributed by atoms with Gasteiger partial charge < -0.3 is 0 Å². The molecule has 0 atom stereocenters. The van der Waals surface area contributed by atoms with Crippen molar-refractivity contribution in [3.05, 3.63) is 29.1 Å². The Morgan fingerprint density at radius 3 is 2.39 bits per heavy atom. The van der Waals surface area contributed by atoms with Crippen LogP contribution in [-0.4, -0.2) is 27.7 Å². The van der Waals surface area contributed by atoms with E-state index in [1.807, 2.05) is 39.8 Å². The second kappa shape index (κ2) is 4.52. The van der Waals surface area contributed by atoms with E-state index in [4.69, 9.17) is 0 Å². The monoisotopic (exact) mass is 246 g/mol. The van der Waals surface area contributed by atoms with E-state index in [2.05, 4.69) is 4.98 Å². The Labute approximate surface area is 107 Å². The second-order valence-corrected chi connectivity index (χ2v) is 5.24. The van der Waals surface area contributed by atoms with Gasteiger partial charge in [0.05, 0.1) is 6.42 Å². The van der Waals surface area contributed by atoms with Crippen LogP contribution in [0.5, 0.6) is 0 Å². The highest BCUT2D eigenvalue weighted by atomic mass is 16.2. The molecule has 0 aliphatic carbocycles. The Morgan fingerprint density at radius 1 is 1.17 bits per heavy atom. The number of pyridine rings is 1. The summed E-state index contributed by atoms with van der Waals surface area (Å²) < 4.78 is 0. The molecule has 0 bridgehead atoms. The Kier molecular flexibility index (Phi) is 3.20. The standard InChI is InChI=1S/C14H18N2O2/c1-8(2)11-6-5-10-7-12(17)16(9(3)4)14(18)13(10)15-11/h5-6,8-9H,7H2,1-4H3. The van der Waals surface area contributed by atoms with Crippen molar-refractivity contribution in [1.82, 2.24) is 9.88 Å². The van der Waals surface area contributed by atoms with Gasteiger partial charge >= 0.3 is 0 Å². The lowest BCUT2D eigenvalue weighted by Gasteiger charge is -2.29. The lowest BCUT2D eigenvalue weighted by atomic mass is 10.00. The first-order valence-corrected chi connectivity index (χ1v) is 6.28. The van der Waals surface area contributed by atoms with Crippen LogP contribution >= 0.6 is 0 Å². The van der Waals surface area contributed by atoms with Gasteiger partial charge in [-0.1, -0.05) is 19.9 Å². The molecule has 0 N–H and O–H groups in total. The molecule has 4 heteroatoms. The molecule has 0 radical (unpaired) electrons. The summed E-state index contributed by atoms with van der Waals surface area (Å²) in [5, 5.41) is 0. The van der Waals surface area contributed by atoms with Gasteiger partial charge in [0, 0.05) is 11.7 Å². The zero-order valence-corrected chi connectivity index (χ0v) is 11.2. The maximum atomic E-state index is 12.3. The fourth-order valence-electron chi connectivity index (χ4n) is 2.15. The zero-order chi connectivity index (χ0) is 13.4. The lowest BCUT2D eigenvalue weighted by Crippen LogP contribution is -2.46. The Bertz CT molecular complexity index is 507. The van der Waals surface area contributed by atoms with Crippen LogP contribution in [0.25, 0.3) is 0 Å². The highest BCUT2D eigenvalue weighted by Gasteiger charge is 2.33. The van der Waals surface area contributed by atoms with E-state index in [1.54, 1.807) is 0 Å². The average molecular weight is 246 g/mol. The summed E-state index contributed by atoms with van der Waals surface area (Å²) in [4.78, 5) is 29.9. The minimum Gasteiger partial charge on any atom is -0.274 e. The van der Waals surface area contributed by atoms with E-state index in [9.17, 15) is 9.59 Å². The number of hydrogen-bond acceptors (Lipinski definition) is 3. The van der Waals surface area contributed by atoms with Crippen molar-refractivity contribution < 1.29 is 9.59 Å². The quantitative estimate of drug-likeness (QED) is 0.751. The molecule has 0 aromatic carbocycles. The number of rotatable bonds is 2. The smallest absolute Gasteiger partial charge is 0.274 e. The summed E-state index contributed by atoms with van der Waals surface area (Å²) in [6.07, 6.45) is 0.268. The molecule has 1 aliphatic rings. The number of aromatic nitrogens is 1. The average Bonchev–Trinajstić information content (AvgIpc) is 2.27. The number of carbonyl (C=O) groups is 2. The number of imide groups is 1. The highest BCUT2D eigenvalue weighted by molar-refractivity contribution is 6.08. The van der Waals surface area contributed by atoms with Crippen molar-refractivity contribution in [3.8, 4) is 0 Å². The molecule has 1 aliphatic heterocycles. The molecule has 2 rings (SSSR count). The topological polar surface area (TPSA) is 50.3 Å². The number of carbonyl (C=O) groups excluding carboxylic acids is 2. The van der Waals surface area contributed by atoms with Gasteiger partial charge in [-0.3, -0.25) is 14.5 Å². The van der Waals surface area contributed by atoms with Gasteiger partial charge in [-0.05, 0) is 31.4 Å². The molecular weight excluding hydrogens is 228 g/mol. The van der Waals surface area contributed by atoms with Gasteiger partial charge in [-0.25, -0.2) is 4.98 Å². The van der Waals surface area contributed by atoms with E-state index < -0.39 is 0 Å². The molecular formula is C14H18N2O2. The van der Waals surface area contributed by atoms with Crippen molar-refractivity contribution in [2.75, 3.05) is 0 Å². The van der Waals surface area contributed by atoms with Crippen LogP contribution < -0.4 is 0 Å². The van der Waals surface area contributed by atoms with E-state index in [0.29, 0.717) is 5.69 Å². The van der Waals surface area contributed by atoms with Crippen LogP contribution in [0.3, 0.4) is 0 Å². The fraction of sp³-hybridized carbons (Fsp3) is 0.500. The number of amides is 2. The molecule has 1 aromatic heterocycles. The third kappa shape index (κ3) is 2.03. The molecule has 0 unspecified atom stereocenters. The Balaban J connectivity index is 2.48. The van der Waals surface area contributed by atoms with Crippen LogP contribution in [0.2, 0.25) is 0 Å². The molecule has 96 valence electrons. The van der Waals surface area contributed by atoms with Gasteiger partial charge in [0.1, 0.15) is 5.69 Å². The van der Waals surface area contributed by atoms with Crippen LogP contribution in [-0.2, 0) is 11.2 Å². The van der Waals surface area contributed by atoms with Gasteiger partial charge in [0.15, 0.2) is 0 Å². The van der Waals surface area contributed by atoms with Gasteiger partial charge in [0.2, 0.25) is 5.91 Å². The summed E-state index contributed by atoms with van der Waals surface area (Å²) in [6, 6.07) is 3.63. The van der Waals surface area contributed by atoms with E-state index in [0.717, 1.165) is 11.3 Å². The summed E-state index contributed by atoms with van der Waals surface area (Å²) >= 11 is 0. The minimum absolute atomic E-state index is 0.123. The van der Waals surface area contributed by atoms with Crippen molar-refractivity contribution in [2.45, 2.75) is 46.1 Å². The lowest BCUT2D eigenvalue weighted by molar-refractivity contribution is -0.129. The van der Waals surface area contributed by atoms with Crippen molar-refractivity contribution >= 4 is 11.8 Å². The molecule has 2 amide bonds. The van der Waals surface area contributed by atoms with E-state index >= 15 is 0 Å². The highest BCUT2D eigenvalue weighted by Crippen LogP contribution is 2.22. The normalized spacial score (nSPS) is 15.6. The fourth-order valence-corrected chi connectivity index (χ4v) is 2.15. The third-order valence-corrected chi connectivity index (χ3v) is 3.14. The Morgan fingerprint density at radius 2 is 1.83 bits per heavy atom. The summed E-state index contributed by atoms with van der Waals surface area (Å²) in [5.41, 5.74) is 2.07. The molecule has 18 heavy (non-hydrogen) atoms. The molecule has 0 spiro atoms. The summed E-state index contributed by atoms with van der Waals surface area (Å²) in [5.74, 6) is -0.131. The van der Waals surface area contributed by atoms with Crippen molar-refractivity contribution in [1.29, 1.82) is 0 Å². The van der Waals surface area contributed by atoms with Crippen LogP contribution in [0.15, 0.2) is 12.1 Å². The van der Waals surface area contributed by atoms with Gasteiger partial charge in [0.25, 0.3) is 5.91 Å². The van der Waals surface area contributed by atoms with Crippen LogP contribution in [0.1, 0.15) is 55.4 Å². The van der Waals surface area contributed by atoms with Gasteiger partial charge in [-0.2, -0.15) is 0 Å². The molecule has 2 heterocycles. The molecule has 0 saturated heterocycles. The zero-order valence-electron chi connectivity index (χ0n) is 11.2. The Hall–Kier alpha value is -1.71. The summed E-state index contributed by atoms with van der Waals surface area (Å²) in [6.45, 7) is 7.75. The van der Waals surface area contributed by atoms with Crippen LogP contribution in [0.4, 0.5) is 0 Å². The first-order valence-electron chi connectivity index (χ1n) is 6.28. The van der Waals surface area contributed by atoms with Gasteiger partial charge in [-0.15, -0.1) is 0 Å². The predicted octanol–water partition coefficient (Wildman–Crippen LogP) is 2.14. The molecule has 0 fully saturated rings. The molecule has 0 saturated carbocycles. The minimum atomic E-state index is -0.265. The number of fused-ring (bicyclic) bond motifs is 1. The van der Waals surface area contributed by atoms with E-state index in [-0.39, 0.29) is 30.2 Å². The molecule has 4 nitrogen and oxygen atoms in total. The predicted molar refractivity (Wildman–Crippen MR) is 68.3 cm³/mol. The first-order chi connectivity index (χ1) is 8.41.